The number of nitrogens with one attached hydrogen (secondary N) is 1. The minimum absolute atomic E-state index is 0.112. The van der Waals surface area contributed by atoms with Crippen LogP contribution in [0.15, 0.2) is 0 Å². The molecule has 1 unspecified atom stereocenters. The predicted molar refractivity (Wildman–Crippen MR) is 47.2 cm³/mol. The fraction of sp³-hybridized carbons (Fsp3) is 0.667. The van der Waals surface area contributed by atoms with E-state index in [0.29, 0.717) is 0 Å². The molecule has 66 valence electrons. The lowest BCUT2D eigenvalue weighted by atomic mass is 9.77. The van der Waals surface area contributed by atoms with Crippen LogP contribution >= 0.6 is 0 Å². The van der Waals surface area contributed by atoms with Crippen molar-refractivity contribution < 1.29 is 4.79 Å². The SMILES string of the molecule is C#CC(C)NC(=O)C1(N)CCC1. The number of rotatable bonds is 2. The molecule has 3 N–H and O–H groups in total. The van der Waals surface area contributed by atoms with Crippen LogP contribution in [0.5, 0.6) is 0 Å². The normalized spacial score (nSPS) is 21.8. The molecule has 0 aromatic carbocycles. The highest BCUT2D eigenvalue weighted by Gasteiger charge is 2.40. The van der Waals surface area contributed by atoms with Gasteiger partial charge in [-0.25, -0.2) is 0 Å². The molecule has 0 aromatic rings. The van der Waals surface area contributed by atoms with Gasteiger partial charge in [0.05, 0.1) is 11.6 Å². The van der Waals surface area contributed by atoms with Gasteiger partial charge >= 0.3 is 0 Å². The average Bonchev–Trinajstić information content (AvgIpc) is 1.99. The van der Waals surface area contributed by atoms with E-state index in [9.17, 15) is 4.79 Å². The van der Waals surface area contributed by atoms with E-state index >= 15 is 0 Å². The smallest absolute Gasteiger partial charge is 0.241 e. The molecule has 12 heavy (non-hydrogen) atoms. The largest absolute Gasteiger partial charge is 0.341 e. The summed E-state index contributed by atoms with van der Waals surface area (Å²) in [6.45, 7) is 1.76. The van der Waals surface area contributed by atoms with Crippen LogP contribution in [0.3, 0.4) is 0 Å². The van der Waals surface area contributed by atoms with E-state index in [1.807, 2.05) is 0 Å². The van der Waals surface area contributed by atoms with Crippen molar-refractivity contribution in [2.45, 2.75) is 37.8 Å². The van der Waals surface area contributed by atoms with Crippen molar-refractivity contribution in [1.29, 1.82) is 0 Å². The van der Waals surface area contributed by atoms with E-state index in [2.05, 4.69) is 11.2 Å². The Kier molecular flexibility index (Phi) is 2.39. The Morgan fingerprint density at radius 2 is 2.33 bits per heavy atom. The Labute approximate surface area is 72.7 Å². The molecule has 0 aliphatic heterocycles. The zero-order chi connectivity index (χ0) is 9.19. The number of hydrogen-bond donors (Lipinski definition) is 2. The molecule has 0 saturated heterocycles. The van der Waals surface area contributed by atoms with Crippen molar-refractivity contribution in [1.82, 2.24) is 5.32 Å². The molecule has 1 saturated carbocycles. The highest BCUT2D eigenvalue weighted by atomic mass is 16.2. The Bertz CT molecular complexity index is 225. The monoisotopic (exact) mass is 166 g/mol. The maximum absolute atomic E-state index is 11.4. The highest BCUT2D eigenvalue weighted by Crippen LogP contribution is 2.29. The lowest BCUT2D eigenvalue weighted by Gasteiger charge is -2.36. The first-order valence-electron chi connectivity index (χ1n) is 4.14. The van der Waals surface area contributed by atoms with Crippen LogP contribution < -0.4 is 11.1 Å². The molecule has 3 nitrogen and oxygen atoms in total. The van der Waals surface area contributed by atoms with Gasteiger partial charge in [0.25, 0.3) is 0 Å². The van der Waals surface area contributed by atoms with Gasteiger partial charge in [-0.15, -0.1) is 6.42 Å². The Morgan fingerprint density at radius 1 is 1.75 bits per heavy atom. The first-order chi connectivity index (χ1) is 5.58. The number of terminal acetylenes is 1. The summed E-state index contributed by atoms with van der Waals surface area (Å²) in [6.07, 6.45) is 7.70. The van der Waals surface area contributed by atoms with Crippen LogP contribution in [0.25, 0.3) is 0 Å². The van der Waals surface area contributed by atoms with Gasteiger partial charge in [0.2, 0.25) is 5.91 Å². The van der Waals surface area contributed by atoms with Crippen LogP contribution in [0.2, 0.25) is 0 Å². The summed E-state index contributed by atoms with van der Waals surface area (Å²) < 4.78 is 0. The zero-order valence-electron chi connectivity index (χ0n) is 7.26. The zero-order valence-corrected chi connectivity index (χ0v) is 7.26. The number of hydrogen-bond acceptors (Lipinski definition) is 2. The van der Waals surface area contributed by atoms with Gasteiger partial charge in [-0.3, -0.25) is 4.79 Å². The summed E-state index contributed by atoms with van der Waals surface area (Å²) in [7, 11) is 0. The van der Waals surface area contributed by atoms with Gasteiger partial charge in [-0.05, 0) is 26.2 Å². The molecule has 0 spiro atoms. The molecular weight excluding hydrogens is 152 g/mol. The fourth-order valence-corrected chi connectivity index (χ4v) is 1.17. The first kappa shape index (κ1) is 9.08. The summed E-state index contributed by atoms with van der Waals surface area (Å²) in [5.74, 6) is 2.32. The second-order valence-corrected chi connectivity index (χ2v) is 3.37. The molecule has 3 heteroatoms. The number of carbonyl (C=O) groups excluding carboxylic acids is 1. The van der Waals surface area contributed by atoms with Gasteiger partial charge in [0.1, 0.15) is 0 Å². The van der Waals surface area contributed by atoms with Crippen molar-refractivity contribution in [3.63, 3.8) is 0 Å². The van der Waals surface area contributed by atoms with Crippen LogP contribution in [0.4, 0.5) is 0 Å². The second-order valence-electron chi connectivity index (χ2n) is 3.37. The highest BCUT2D eigenvalue weighted by molar-refractivity contribution is 5.87. The minimum Gasteiger partial charge on any atom is -0.341 e. The minimum atomic E-state index is -0.634. The third-order valence-electron chi connectivity index (χ3n) is 2.30. The molecule has 1 aliphatic carbocycles. The maximum Gasteiger partial charge on any atom is 0.241 e. The van der Waals surface area contributed by atoms with E-state index in [4.69, 9.17) is 12.2 Å². The topological polar surface area (TPSA) is 55.1 Å². The van der Waals surface area contributed by atoms with Crippen molar-refractivity contribution >= 4 is 5.91 Å². The summed E-state index contributed by atoms with van der Waals surface area (Å²) in [5, 5.41) is 2.67. The third kappa shape index (κ3) is 1.59. The average molecular weight is 166 g/mol. The van der Waals surface area contributed by atoms with Gasteiger partial charge in [0.15, 0.2) is 0 Å². The van der Waals surface area contributed by atoms with Gasteiger partial charge in [-0.2, -0.15) is 0 Å². The molecule has 1 aliphatic rings. The van der Waals surface area contributed by atoms with E-state index in [1.54, 1.807) is 6.92 Å². The standard InChI is InChI=1S/C9H14N2O/c1-3-7(2)11-8(12)9(10)5-4-6-9/h1,7H,4-6,10H2,2H3,(H,11,12). The van der Waals surface area contributed by atoms with Crippen LogP contribution in [-0.2, 0) is 4.79 Å². The van der Waals surface area contributed by atoms with Gasteiger partial charge in [-0.1, -0.05) is 5.92 Å². The third-order valence-corrected chi connectivity index (χ3v) is 2.30. The molecule has 1 fully saturated rings. The summed E-state index contributed by atoms with van der Waals surface area (Å²) in [5.41, 5.74) is 5.13. The van der Waals surface area contributed by atoms with Crippen LogP contribution in [0, 0.1) is 12.3 Å². The Hall–Kier alpha value is -1.01. The molecule has 0 heterocycles. The molecule has 1 rings (SSSR count). The molecule has 0 radical (unpaired) electrons. The fourth-order valence-electron chi connectivity index (χ4n) is 1.17. The molecule has 1 amide bonds. The Morgan fingerprint density at radius 3 is 2.67 bits per heavy atom. The number of nitrogens with two attached hydrogens (primary N) is 1. The van der Waals surface area contributed by atoms with Gasteiger partial charge in [0, 0.05) is 0 Å². The van der Waals surface area contributed by atoms with Crippen molar-refractivity contribution in [2.75, 3.05) is 0 Å². The predicted octanol–water partition coefficient (Wildman–Crippen LogP) is 0.00570. The quantitative estimate of drug-likeness (QED) is 0.568. The van der Waals surface area contributed by atoms with E-state index in [1.165, 1.54) is 0 Å². The second kappa shape index (κ2) is 3.16. The lowest BCUT2D eigenvalue weighted by molar-refractivity contribution is -0.129. The molecule has 1 atom stereocenters. The lowest BCUT2D eigenvalue weighted by Crippen LogP contribution is -2.59. The van der Waals surface area contributed by atoms with E-state index in [-0.39, 0.29) is 11.9 Å². The van der Waals surface area contributed by atoms with Crippen LogP contribution in [-0.4, -0.2) is 17.5 Å². The van der Waals surface area contributed by atoms with Crippen molar-refractivity contribution in [2.24, 2.45) is 5.73 Å². The van der Waals surface area contributed by atoms with E-state index in [0.717, 1.165) is 19.3 Å². The molecule has 0 aromatic heterocycles. The summed E-state index contributed by atoms with van der Waals surface area (Å²) in [6, 6.07) is -0.224. The van der Waals surface area contributed by atoms with E-state index < -0.39 is 5.54 Å². The summed E-state index contributed by atoms with van der Waals surface area (Å²) in [4.78, 5) is 11.4. The first-order valence-corrected chi connectivity index (χ1v) is 4.14. The molecular formula is C9H14N2O. The number of amides is 1. The van der Waals surface area contributed by atoms with Gasteiger partial charge < -0.3 is 11.1 Å². The number of carbonyl (C=O) groups is 1. The van der Waals surface area contributed by atoms with Crippen molar-refractivity contribution in [3.05, 3.63) is 0 Å². The molecule has 0 bridgehead atoms. The Balaban J connectivity index is 2.44. The van der Waals surface area contributed by atoms with Crippen molar-refractivity contribution in [3.8, 4) is 12.3 Å². The summed E-state index contributed by atoms with van der Waals surface area (Å²) >= 11 is 0. The maximum atomic E-state index is 11.4. The van der Waals surface area contributed by atoms with Crippen LogP contribution in [0.1, 0.15) is 26.2 Å².